The molecule has 0 saturated carbocycles. The van der Waals surface area contributed by atoms with E-state index < -0.39 is 5.54 Å². The number of nitrogens with one attached hydrogen (secondary N) is 1. The fraction of sp³-hybridized carbons (Fsp3) is 0.714. The van der Waals surface area contributed by atoms with E-state index in [1.807, 2.05) is 6.92 Å². The second kappa shape index (κ2) is 3.10. The SMILES string of the molecule is CCCC(C)(N)c1nc(N)n[nH]1. The van der Waals surface area contributed by atoms with Gasteiger partial charge in [-0.05, 0) is 13.3 Å². The van der Waals surface area contributed by atoms with E-state index in [1.165, 1.54) is 0 Å². The summed E-state index contributed by atoms with van der Waals surface area (Å²) in [4.78, 5) is 3.99. The third-order valence-corrected chi connectivity index (χ3v) is 1.81. The van der Waals surface area contributed by atoms with Gasteiger partial charge in [0.15, 0.2) is 0 Å². The van der Waals surface area contributed by atoms with Crippen molar-refractivity contribution < 1.29 is 0 Å². The number of hydrogen-bond donors (Lipinski definition) is 3. The summed E-state index contributed by atoms with van der Waals surface area (Å²) in [7, 11) is 0. The first-order chi connectivity index (χ1) is 5.56. The van der Waals surface area contributed by atoms with Crippen LogP contribution < -0.4 is 11.5 Å². The van der Waals surface area contributed by atoms with Gasteiger partial charge in [0.1, 0.15) is 5.82 Å². The zero-order valence-corrected chi connectivity index (χ0v) is 7.46. The van der Waals surface area contributed by atoms with E-state index in [0.29, 0.717) is 5.82 Å². The molecular formula is C7H15N5. The van der Waals surface area contributed by atoms with E-state index in [9.17, 15) is 0 Å². The Morgan fingerprint density at radius 2 is 2.25 bits per heavy atom. The van der Waals surface area contributed by atoms with Crippen LogP contribution in [0.25, 0.3) is 0 Å². The van der Waals surface area contributed by atoms with Crippen molar-refractivity contribution in [2.24, 2.45) is 5.73 Å². The maximum absolute atomic E-state index is 5.97. The van der Waals surface area contributed by atoms with E-state index in [-0.39, 0.29) is 5.95 Å². The van der Waals surface area contributed by atoms with Crippen LogP contribution in [0.4, 0.5) is 5.95 Å². The second-order valence-corrected chi connectivity index (χ2v) is 3.21. The van der Waals surface area contributed by atoms with Crippen LogP contribution in [-0.4, -0.2) is 15.2 Å². The summed E-state index contributed by atoms with van der Waals surface area (Å²) in [5, 5.41) is 6.45. The highest BCUT2D eigenvalue weighted by atomic mass is 15.3. The number of H-pyrrole nitrogens is 1. The molecule has 0 aliphatic carbocycles. The van der Waals surface area contributed by atoms with Gasteiger partial charge in [0.05, 0.1) is 5.54 Å². The topological polar surface area (TPSA) is 93.6 Å². The Hall–Kier alpha value is -1.10. The third kappa shape index (κ3) is 1.73. The van der Waals surface area contributed by atoms with E-state index >= 15 is 0 Å². The number of aromatic nitrogens is 3. The first-order valence-corrected chi connectivity index (χ1v) is 4.03. The lowest BCUT2D eigenvalue weighted by Gasteiger charge is -2.20. The van der Waals surface area contributed by atoms with Gasteiger partial charge < -0.3 is 11.5 Å². The lowest BCUT2D eigenvalue weighted by Crippen LogP contribution is -2.34. The highest BCUT2D eigenvalue weighted by Gasteiger charge is 2.23. The number of nitrogens with zero attached hydrogens (tertiary/aromatic N) is 2. The summed E-state index contributed by atoms with van der Waals surface area (Å²) in [5.74, 6) is 0.902. The summed E-state index contributed by atoms with van der Waals surface area (Å²) >= 11 is 0. The van der Waals surface area contributed by atoms with E-state index in [0.717, 1.165) is 12.8 Å². The molecule has 68 valence electrons. The van der Waals surface area contributed by atoms with Crippen LogP contribution in [0.15, 0.2) is 0 Å². The average Bonchev–Trinajstić information content (AvgIpc) is 2.36. The summed E-state index contributed by atoms with van der Waals surface area (Å²) < 4.78 is 0. The largest absolute Gasteiger partial charge is 0.367 e. The number of nitrogens with two attached hydrogens (primary N) is 2. The van der Waals surface area contributed by atoms with Crippen LogP contribution in [0, 0.1) is 0 Å². The summed E-state index contributed by atoms with van der Waals surface area (Å²) in [6, 6.07) is 0. The van der Waals surface area contributed by atoms with Crippen molar-refractivity contribution in [3.63, 3.8) is 0 Å². The minimum absolute atomic E-state index is 0.248. The standard InChI is InChI=1S/C7H15N5/c1-3-4-7(2,9)5-10-6(8)12-11-5/h3-4,9H2,1-2H3,(H3,8,10,11,12). The Morgan fingerprint density at radius 1 is 1.58 bits per heavy atom. The van der Waals surface area contributed by atoms with Gasteiger partial charge >= 0.3 is 0 Å². The number of hydrogen-bond acceptors (Lipinski definition) is 4. The van der Waals surface area contributed by atoms with Gasteiger partial charge in [0, 0.05) is 0 Å². The van der Waals surface area contributed by atoms with E-state index in [1.54, 1.807) is 0 Å². The van der Waals surface area contributed by atoms with Crippen LogP contribution in [0.1, 0.15) is 32.5 Å². The van der Waals surface area contributed by atoms with Crippen molar-refractivity contribution in [2.75, 3.05) is 5.73 Å². The molecule has 1 unspecified atom stereocenters. The number of anilines is 1. The molecule has 0 saturated heterocycles. The first-order valence-electron chi connectivity index (χ1n) is 4.03. The van der Waals surface area contributed by atoms with Crippen molar-refractivity contribution in [3.05, 3.63) is 5.82 Å². The Bertz CT molecular complexity index is 252. The zero-order valence-electron chi connectivity index (χ0n) is 7.46. The highest BCUT2D eigenvalue weighted by molar-refractivity contribution is 5.16. The highest BCUT2D eigenvalue weighted by Crippen LogP contribution is 2.19. The summed E-state index contributed by atoms with van der Waals surface area (Å²) in [6.07, 6.45) is 1.87. The Balaban J connectivity index is 2.81. The van der Waals surface area contributed by atoms with Crippen molar-refractivity contribution in [1.29, 1.82) is 0 Å². The van der Waals surface area contributed by atoms with Gasteiger partial charge in [-0.15, -0.1) is 5.10 Å². The van der Waals surface area contributed by atoms with Crippen molar-refractivity contribution in [1.82, 2.24) is 15.2 Å². The minimum Gasteiger partial charge on any atom is -0.367 e. The fourth-order valence-corrected chi connectivity index (χ4v) is 1.17. The lowest BCUT2D eigenvalue weighted by atomic mass is 9.97. The molecule has 12 heavy (non-hydrogen) atoms. The Kier molecular flexibility index (Phi) is 2.32. The molecule has 1 aromatic heterocycles. The maximum atomic E-state index is 5.97. The molecule has 1 rings (SSSR count). The number of aromatic amines is 1. The van der Waals surface area contributed by atoms with Gasteiger partial charge in [-0.2, -0.15) is 4.98 Å². The molecule has 0 aliphatic heterocycles. The molecule has 0 aliphatic rings. The second-order valence-electron chi connectivity index (χ2n) is 3.21. The molecule has 5 heteroatoms. The van der Waals surface area contributed by atoms with Gasteiger partial charge in [-0.1, -0.05) is 13.3 Å². The average molecular weight is 169 g/mol. The fourth-order valence-electron chi connectivity index (χ4n) is 1.17. The van der Waals surface area contributed by atoms with Crippen LogP contribution in [0.3, 0.4) is 0 Å². The molecule has 0 aromatic carbocycles. The first kappa shape index (κ1) is 8.99. The minimum atomic E-state index is -0.445. The van der Waals surface area contributed by atoms with Crippen LogP contribution in [0.2, 0.25) is 0 Å². The quantitative estimate of drug-likeness (QED) is 0.609. The van der Waals surface area contributed by atoms with Crippen molar-refractivity contribution >= 4 is 5.95 Å². The molecule has 0 bridgehead atoms. The predicted octanol–water partition coefficient (Wildman–Crippen LogP) is 0.361. The predicted molar refractivity (Wildman–Crippen MR) is 47.2 cm³/mol. The molecule has 5 nitrogen and oxygen atoms in total. The summed E-state index contributed by atoms with van der Waals surface area (Å²) in [6.45, 7) is 3.99. The molecule has 0 fully saturated rings. The van der Waals surface area contributed by atoms with Gasteiger partial charge in [0.25, 0.3) is 0 Å². The third-order valence-electron chi connectivity index (χ3n) is 1.81. The molecule has 0 radical (unpaired) electrons. The van der Waals surface area contributed by atoms with E-state index in [2.05, 4.69) is 22.1 Å². The van der Waals surface area contributed by atoms with Gasteiger partial charge in [-0.25, -0.2) is 0 Å². The molecule has 0 amide bonds. The molecular weight excluding hydrogens is 154 g/mol. The maximum Gasteiger partial charge on any atom is 0.239 e. The normalized spacial score (nSPS) is 15.9. The van der Waals surface area contributed by atoms with Crippen molar-refractivity contribution in [3.8, 4) is 0 Å². The smallest absolute Gasteiger partial charge is 0.239 e. The van der Waals surface area contributed by atoms with Crippen LogP contribution >= 0.6 is 0 Å². The van der Waals surface area contributed by atoms with E-state index in [4.69, 9.17) is 11.5 Å². The Morgan fingerprint density at radius 3 is 2.67 bits per heavy atom. The molecule has 1 heterocycles. The van der Waals surface area contributed by atoms with Gasteiger partial charge in [-0.3, -0.25) is 5.10 Å². The van der Waals surface area contributed by atoms with Gasteiger partial charge in [0.2, 0.25) is 5.95 Å². The van der Waals surface area contributed by atoms with Crippen LogP contribution in [-0.2, 0) is 5.54 Å². The number of nitrogen functional groups attached to an aromatic ring is 1. The molecule has 1 aromatic rings. The van der Waals surface area contributed by atoms with Crippen molar-refractivity contribution in [2.45, 2.75) is 32.2 Å². The van der Waals surface area contributed by atoms with Crippen LogP contribution in [0.5, 0.6) is 0 Å². The lowest BCUT2D eigenvalue weighted by molar-refractivity contribution is 0.421. The summed E-state index contributed by atoms with van der Waals surface area (Å²) in [5.41, 5.74) is 10.9. The molecule has 0 spiro atoms. The zero-order chi connectivity index (χ0) is 9.19. The number of rotatable bonds is 3. The molecule has 1 atom stereocenters. The molecule has 5 N–H and O–H groups in total. The monoisotopic (exact) mass is 169 g/mol. The Labute approximate surface area is 71.6 Å².